The molecule has 22 heavy (non-hydrogen) atoms. The van der Waals surface area contributed by atoms with Gasteiger partial charge in [-0.15, -0.1) is 0 Å². The fourth-order valence-electron chi connectivity index (χ4n) is 2.18. The smallest absolute Gasteiger partial charge is 0.411 e. The van der Waals surface area contributed by atoms with Gasteiger partial charge in [0.05, 0.1) is 12.3 Å². The molecule has 1 aliphatic rings. The van der Waals surface area contributed by atoms with E-state index in [9.17, 15) is 9.90 Å². The first-order valence-electron chi connectivity index (χ1n) is 7.19. The summed E-state index contributed by atoms with van der Waals surface area (Å²) in [6.45, 7) is 1.21. The zero-order chi connectivity index (χ0) is 15.8. The van der Waals surface area contributed by atoms with Crippen LogP contribution in [0.15, 0.2) is 41.6 Å². The number of benzene rings is 1. The molecule has 2 N–H and O–H groups in total. The SMILES string of the molecule is COC(O)/C(NC(=O)OCc1ccccc1)=C1\CCCOC1. The molecule has 0 bridgehead atoms. The summed E-state index contributed by atoms with van der Waals surface area (Å²) in [7, 11) is 1.37. The summed E-state index contributed by atoms with van der Waals surface area (Å²) >= 11 is 0. The molecule has 1 fully saturated rings. The van der Waals surface area contributed by atoms with Gasteiger partial charge in [-0.1, -0.05) is 30.3 Å². The van der Waals surface area contributed by atoms with Crippen LogP contribution in [-0.4, -0.2) is 37.8 Å². The standard InChI is InChI=1S/C16H21NO5/c1-20-15(18)14(13-8-5-9-21-11-13)17-16(19)22-10-12-6-3-2-4-7-12/h2-4,6-7,15,18H,5,8-11H2,1H3,(H,17,19)/b14-13-. The highest BCUT2D eigenvalue weighted by Crippen LogP contribution is 2.18. The van der Waals surface area contributed by atoms with Crippen molar-refractivity contribution < 1.29 is 24.1 Å². The first-order chi connectivity index (χ1) is 10.7. The third-order valence-corrected chi connectivity index (χ3v) is 3.34. The van der Waals surface area contributed by atoms with Crippen LogP contribution in [0.25, 0.3) is 0 Å². The van der Waals surface area contributed by atoms with Crippen LogP contribution in [0, 0.1) is 0 Å². The van der Waals surface area contributed by atoms with Crippen molar-refractivity contribution >= 4 is 6.09 Å². The molecule has 1 aromatic carbocycles. The van der Waals surface area contributed by atoms with E-state index in [1.807, 2.05) is 30.3 Å². The van der Waals surface area contributed by atoms with Crippen molar-refractivity contribution in [3.8, 4) is 0 Å². The molecular formula is C16H21NO5. The summed E-state index contributed by atoms with van der Waals surface area (Å²) in [5, 5.41) is 12.5. The van der Waals surface area contributed by atoms with Crippen LogP contribution in [0.4, 0.5) is 4.79 Å². The molecule has 120 valence electrons. The highest BCUT2D eigenvalue weighted by atomic mass is 16.6. The van der Waals surface area contributed by atoms with Gasteiger partial charge in [0, 0.05) is 13.7 Å². The van der Waals surface area contributed by atoms with Gasteiger partial charge in [-0.2, -0.15) is 0 Å². The van der Waals surface area contributed by atoms with E-state index in [0.29, 0.717) is 18.9 Å². The lowest BCUT2D eigenvalue weighted by Crippen LogP contribution is -2.34. The lowest BCUT2D eigenvalue weighted by atomic mass is 10.1. The minimum atomic E-state index is -1.21. The fourth-order valence-corrected chi connectivity index (χ4v) is 2.18. The average Bonchev–Trinajstić information content (AvgIpc) is 2.59. The summed E-state index contributed by atoms with van der Waals surface area (Å²) in [6.07, 6.45) is -0.251. The van der Waals surface area contributed by atoms with Gasteiger partial charge >= 0.3 is 6.09 Å². The molecule has 0 aromatic heterocycles. The van der Waals surface area contributed by atoms with E-state index in [1.54, 1.807) is 0 Å². The van der Waals surface area contributed by atoms with E-state index in [1.165, 1.54) is 7.11 Å². The van der Waals surface area contributed by atoms with E-state index >= 15 is 0 Å². The van der Waals surface area contributed by atoms with Gasteiger partial charge in [0.15, 0.2) is 6.29 Å². The zero-order valence-electron chi connectivity index (χ0n) is 12.6. The summed E-state index contributed by atoms with van der Waals surface area (Å²) in [4.78, 5) is 11.9. The normalized spacial score (nSPS) is 18.5. The number of nitrogens with one attached hydrogen (secondary N) is 1. The van der Waals surface area contributed by atoms with Crippen LogP contribution in [0.5, 0.6) is 0 Å². The maximum atomic E-state index is 11.9. The molecule has 6 nitrogen and oxygen atoms in total. The van der Waals surface area contributed by atoms with Gasteiger partial charge in [0.2, 0.25) is 0 Å². The molecule has 1 heterocycles. The molecule has 1 unspecified atom stereocenters. The summed E-state index contributed by atoms with van der Waals surface area (Å²) in [5.74, 6) is 0. The van der Waals surface area contributed by atoms with Crippen LogP contribution in [0.1, 0.15) is 18.4 Å². The molecule has 1 saturated heterocycles. The Morgan fingerprint density at radius 3 is 2.82 bits per heavy atom. The summed E-state index contributed by atoms with van der Waals surface area (Å²) in [6, 6.07) is 9.37. The molecule has 1 aromatic rings. The van der Waals surface area contributed by atoms with Crippen molar-refractivity contribution in [3.05, 3.63) is 47.2 Å². The topological polar surface area (TPSA) is 77.0 Å². The third kappa shape index (κ3) is 4.84. The summed E-state index contributed by atoms with van der Waals surface area (Å²) < 4.78 is 15.4. The van der Waals surface area contributed by atoms with E-state index in [4.69, 9.17) is 14.2 Å². The second-order valence-corrected chi connectivity index (χ2v) is 4.95. The predicted octanol–water partition coefficient (Wildman–Crippen LogP) is 1.94. The largest absolute Gasteiger partial charge is 0.444 e. The molecule has 1 amide bonds. The second kappa shape index (κ2) is 8.53. The number of alkyl carbamates (subject to hydrolysis) is 1. The van der Waals surface area contributed by atoms with Crippen molar-refractivity contribution in [1.82, 2.24) is 5.32 Å². The Bertz CT molecular complexity index is 507. The van der Waals surface area contributed by atoms with Crippen LogP contribution in [-0.2, 0) is 20.8 Å². The van der Waals surface area contributed by atoms with Crippen LogP contribution < -0.4 is 5.32 Å². The lowest BCUT2D eigenvalue weighted by Gasteiger charge is -2.22. The number of hydrogen-bond acceptors (Lipinski definition) is 5. The molecule has 1 aliphatic heterocycles. The number of methoxy groups -OCH3 is 1. The Balaban J connectivity index is 1.96. The molecule has 0 radical (unpaired) electrons. The Hall–Kier alpha value is -1.89. The number of ether oxygens (including phenoxy) is 3. The Kier molecular flexibility index (Phi) is 6.39. The minimum Gasteiger partial charge on any atom is -0.444 e. The van der Waals surface area contributed by atoms with Crippen molar-refractivity contribution in [3.63, 3.8) is 0 Å². The molecule has 0 saturated carbocycles. The van der Waals surface area contributed by atoms with E-state index in [-0.39, 0.29) is 6.61 Å². The van der Waals surface area contributed by atoms with Gasteiger partial charge in [-0.05, 0) is 24.0 Å². The number of carbonyl (C=O) groups excluding carboxylic acids is 1. The highest BCUT2D eigenvalue weighted by molar-refractivity contribution is 5.70. The summed E-state index contributed by atoms with van der Waals surface area (Å²) in [5.41, 5.74) is 2.01. The zero-order valence-corrected chi connectivity index (χ0v) is 12.6. The van der Waals surface area contributed by atoms with Crippen LogP contribution >= 0.6 is 0 Å². The Morgan fingerprint density at radius 1 is 1.41 bits per heavy atom. The number of aliphatic hydroxyl groups excluding tert-OH is 1. The van der Waals surface area contributed by atoms with Gasteiger partial charge in [-0.25, -0.2) is 4.79 Å². The van der Waals surface area contributed by atoms with Crippen molar-refractivity contribution in [1.29, 1.82) is 0 Å². The van der Waals surface area contributed by atoms with Crippen molar-refractivity contribution in [2.75, 3.05) is 20.3 Å². The molecule has 0 spiro atoms. The van der Waals surface area contributed by atoms with Crippen LogP contribution in [0.2, 0.25) is 0 Å². The minimum absolute atomic E-state index is 0.162. The van der Waals surface area contributed by atoms with Gasteiger partial charge in [-0.3, -0.25) is 5.32 Å². The van der Waals surface area contributed by atoms with Crippen molar-refractivity contribution in [2.45, 2.75) is 25.7 Å². The molecule has 2 rings (SSSR count). The van der Waals surface area contributed by atoms with Crippen molar-refractivity contribution in [2.24, 2.45) is 0 Å². The van der Waals surface area contributed by atoms with Gasteiger partial charge in [0.1, 0.15) is 6.61 Å². The quantitative estimate of drug-likeness (QED) is 0.813. The fraction of sp³-hybridized carbons (Fsp3) is 0.438. The Morgan fingerprint density at radius 2 is 2.18 bits per heavy atom. The van der Waals surface area contributed by atoms with E-state index in [0.717, 1.165) is 24.0 Å². The van der Waals surface area contributed by atoms with Gasteiger partial charge < -0.3 is 19.3 Å². The number of carbonyl (C=O) groups is 1. The number of aliphatic hydroxyl groups is 1. The first-order valence-corrected chi connectivity index (χ1v) is 7.19. The molecule has 1 atom stereocenters. The lowest BCUT2D eigenvalue weighted by molar-refractivity contribution is -0.0509. The molecular weight excluding hydrogens is 286 g/mol. The van der Waals surface area contributed by atoms with Gasteiger partial charge in [0.25, 0.3) is 0 Å². The highest BCUT2D eigenvalue weighted by Gasteiger charge is 2.21. The van der Waals surface area contributed by atoms with Crippen LogP contribution in [0.3, 0.4) is 0 Å². The number of hydrogen-bond donors (Lipinski definition) is 2. The first kappa shape index (κ1) is 16.5. The maximum Gasteiger partial charge on any atom is 0.411 e. The predicted molar refractivity (Wildman–Crippen MR) is 79.9 cm³/mol. The molecule has 6 heteroatoms. The van der Waals surface area contributed by atoms with E-state index in [2.05, 4.69) is 5.32 Å². The average molecular weight is 307 g/mol. The third-order valence-electron chi connectivity index (χ3n) is 3.34. The second-order valence-electron chi connectivity index (χ2n) is 4.95. The number of amides is 1. The Labute approximate surface area is 129 Å². The van der Waals surface area contributed by atoms with E-state index < -0.39 is 12.4 Å². The monoisotopic (exact) mass is 307 g/mol. The molecule has 0 aliphatic carbocycles. The maximum absolute atomic E-state index is 11.9. The number of rotatable bonds is 5.